The molecule has 0 aromatic heterocycles. The quantitative estimate of drug-likeness (QED) is 0.780. The number of amides is 2. The molecule has 0 saturated heterocycles. The summed E-state index contributed by atoms with van der Waals surface area (Å²) < 4.78 is 0. The number of anilines is 1. The second-order valence-electron chi connectivity index (χ2n) is 3.91. The van der Waals surface area contributed by atoms with E-state index in [4.69, 9.17) is 28.3 Å². The maximum absolute atomic E-state index is 11.6. The Labute approximate surface area is 120 Å². The highest BCUT2D eigenvalue weighted by Gasteiger charge is 2.18. The maximum atomic E-state index is 11.6. The summed E-state index contributed by atoms with van der Waals surface area (Å²) in [4.78, 5) is 22.5. The van der Waals surface area contributed by atoms with Gasteiger partial charge in [0.25, 0.3) is 0 Å². The Hall–Kier alpha value is -1.46. The van der Waals surface area contributed by atoms with Crippen LogP contribution in [-0.2, 0) is 4.79 Å². The van der Waals surface area contributed by atoms with E-state index in [9.17, 15) is 9.59 Å². The van der Waals surface area contributed by atoms with Crippen LogP contribution in [0.15, 0.2) is 18.2 Å². The fourth-order valence-corrected chi connectivity index (χ4v) is 1.74. The minimum atomic E-state index is -1.06. The van der Waals surface area contributed by atoms with Gasteiger partial charge in [-0.1, -0.05) is 36.5 Å². The van der Waals surface area contributed by atoms with E-state index in [1.807, 2.05) is 6.92 Å². The summed E-state index contributed by atoms with van der Waals surface area (Å²) in [7, 11) is 0. The smallest absolute Gasteiger partial charge is 0.326 e. The van der Waals surface area contributed by atoms with Gasteiger partial charge in [0.1, 0.15) is 6.04 Å². The van der Waals surface area contributed by atoms with Crippen LogP contribution in [0.4, 0.5) is 10.5 Å². The molecule has 7 heteroatoms. The Bertz CT molecular complexity index is 480. The minimum absolute atomic E-state index is 0.308. The number of carboxylic acids is 1. The molecule has 0 aliphatic carbocycles. The highest BCUT2D eigenvalue weighted by atomic mass is 35.5. The minimum Gasteiger partial charge on any atom is -0.480 e. The molecule has 0 saturated carbocycles. The van der Waals surface area contributed by atoms with Crippen LogP contribution in [0.1, 0.15) is 19.8 Å². The molecule has 0 bridgehead atoms. The predicted octanol–water partition coefficient (Wildman–Crippen LogP) is 3.37. The standard InChI is InChI=1S/C12H14Cl2N2O3/c1-2-3-10(11(17)18)16-12(19)15-7-4-5-8(13)9(14)6-7/h4-6,10H,2-3H2,1H3,(H,17,18)(H2,15,16,19). The largest absolute Gasteiger partial charge is 0.480 e. The van der Waals surface area contributed by atoms with Gasteiger partial charge in [-0.05, 0) is 24.6 Å². The van der Waals surface area contributed by atoms with E-state index in [-0.39, 0.29) is 0 Å². The highest BCUT2D eigenvalue weighted by Crippen LogP contribution is 2.24. The Morgan fingerprint density at radius 3 is 2.53 bits per heavy atom. The second-order valence-corrected chi connectivity index (χ2v) is 4.72. The van der Waals surface area contributed by atoms with Gasteiger partial charge in [0.15, 0.2) is 0 Å². The molecule has 5 nitrogen and oxygen atoms in total. The zero-order valence-electron chi connectivity index (χ0n) is 10.2. The van der Waals surface area contributed by atoms with Crippen molar-refractivity contribution in [1.29, 1.82) is 0 Å². The van der Waals surface area contributed by atoms with Crippen LogP contribution in [0.25, 0.3) is 0 Å². The number of carbonyl (C=O) groups is 2. The molecule has 0 spiro atoms. The Morgan fingerprint density at radius 1 is 1.32 bits per heavy atom. The van der Waals surface area contributed by atoms with Crippen molar-refractivity contribution in [2.24, 2.45) is 0 Å². The van der Waals surface area contributed by atoms with Gasteiger partial charge in [-0.15, -0.1) is 0 Å². The molecular weight excluding hydrogens is 291 g/mol. The Kier molecular flexibility index (Phi) is 5.92. The maximum Gasteiger partial charge on any atom is 0.326 e. The molecule has 0 aliphatic rings. The summed E-state index contributed by atoms with van der Waals surface area (Å²) in [6.07, 6.45) is 1.02. The first-order valence-corrected chi connectivity index (χ1v) is 6.45. The number of hydrogen-bond acceptors (Lipinski definition) is 2. The number of urea groups is 1. The van der Waals surface area contributed by atoms with Crippen molar-refractivity contribution in [3.63, 3.8) is 0 Å². The van der Waals surface area contributed by atoms with E-state index in [0.717, 1.165) is 0 Å². The van der Waals surface area contributed by atoms with Crippen LogP contribution in [0, 0.1) is 0 Å². The first kappa shape index (κ1) is 15.6. The SMILES string of the molecule is CCCC(NC(=O)Nc1ccc(Cl)c(Cl)c1)C(=O)O. The van der Waals surface area contributed by atoms with Crippen molar-refractivity contribution in [2.75, 3.05) is 5.32 Å². The van der Waals surface area contributed by atoms with Crippen LogP contribution >= 0.6 is 23.2 Å². The van der Waals surface area contributed by atoms with E-state index < -0.39 is 18.0 Å². The average Bonchev–Trinajstić information content (AvgIpc) is 2.33. The zero-order chi connectivity index (χ0) is 14.4. The van der Waals surface area contributed by atoms with Gasteiger partial charge < -0.3 is 15.7 Å². The monoisotopic (exact) mass is 304 g/mol. The molecule has 0 aliphatic heterocycles. The van der Waals surface area contributed by atoms with E-state index >= 15 is 0 Å². The lowest BCUT2D eigenvalue weighted by Gasteiger charge is -2.14. The Morgan fingerprint density at radius 2 is 2.00 bits per heavy atom. The first-order valence-electron chi connectivity index (χ1n) is 5.69. The third kappa shape index (κ3) is 4.96. The number of nitrogens with one attached hydrogen (secondary N) is 2. The summed E-state index contributed by atoms with van der Waals surface area (Å²) in [6.45, 7) is 1.84. The number of hydrogen-bond donors (Lipinski definition) is 3. The summed E-state index contributed by atoms with van der Waals surface area (Å²) in [5, 5.41) is 14.5. The number of aliphatic carboxylic acids is 1. The third-order valence-corrected chi connectivity index (χ3v) is 3.10. The normalized spacial score (nSPS) is 11.7. The number of rotatable bonds is 5. The average molecular weight is 305 g/mol. The topological polar surface area (TPSA) is 78.4 Å². The van der Waals surface area contributed by atoms with Gasteiger partial charge in [-0.2, -0.15) is 0 Å². The van der Waals surface area contributed by atoms with Gasteiger partial charge in [0.2, 0.25) is 0 Å². The van der Waals surface area contributed by atoms with E-state index in [1.54, 1.807) is 12.1 Å². The molecule has 2 amide bonds. The summed E-state index contributed by atoms with van der Waals surface area (Å²) in [5.41, 5.74) is 0.438. The van der Waals surface area contributed by atoms with Crippen molar-refractivity contribution in [3.05, 3.63) is 28.2 Å². The summed E-state index contributed by atoms with van der Waals surface area (Å²) in [5.74, 6) is -1.06. The lowest BCUT2D eigenvalue weighted by molar-refractivity contribution is -0.139. The fraction of sp³-hybridized carbons (Fsp3) is 0.333. The molecule has 3 N–H and O–H groups in total. The lowest BCUT2D eigenvalue weighted by atomic mass is 10.2. The second kappa shape index (κ2) is 7.21. The molecule has 104 valence electrons. The van der Waals surface area contributed by atoms with Crippen molar-refractivity contribution in [2.45, 2.75) is 25.8 Å². The molecule has 0 heterocycles. The first-order chi connectivity index (χ1) is 8.93. The van der Waals surface area contributed by atoms with Crippen molar-refractivity contribution in [1.82, 2.24) is 5.32 Å². The molecule has 1 aromatic carbocycles. The number of benzene rings is 1. The van der Waals surface area contributed by atoms with E-state index in [0.29, 0.717) is 28.6 Å². The van der Waals surface area contributed by atoms with Crippen LogP contribution in [-0.4, -0.2) is 23.1 Å². The third-order valence-electron chi connectivity index (χ3n) is 2.36. The van der Waals surface area contributed by atoms with Crippen LogP contribution in [0.5, 0.6) is 0 Å². The van der Waals surface area contributed by atoms with Gasteiger partial charge in [-0.25, -0.2) is 9.59 Å². The summed E-state index contributed by atoms with van der Waals surface area (Å²) >= 11 is 11.6. The highest BCUT2D eigenvalue weighted by molar-refractivity contribution is 6.42. The van der Waals surface area contributed by atoms with Crippen molar-refractivity contribution < 1.29 is 14.7 Å². The number of carbonyl (C=O) groups excluding carboxylic acids is 1. The van der Waals surface area contributed by atoms with Crippen LogP contribution in [0.3, 0.4) is 0 Å². The summed E-state index contributed by atoms with van der Waals surface area (Å²) in [6, 6.07) is 3.09. The molecule has 1 atom stereocenters. The molecule has 1 unspecified atom stereocenters. The van der Waals surface area contributed by atoms with E-state index in [2.05, 4.69) is 10.6 Å². The van der Waals surface area contributed by atoms with E-state index in [1.165, 1.54) is 6.07 Å². The van der Waals surface area contributed by atoms with Gasteiger partial charge >= 0.3 is 12.0 Å². The van der Waals surface area contributed by atoms with Crippen LogP contribution < -0.4 is 10.6 Å². The molecule has 0 radical (unpaired) electrons. The van der Waals surface area contributed by atoms with Crippen LogP contribution in [0.2, 0.25) is 10.0 Å². The van der Waals surface area contributed by atoms with Crippen molar-refractivity contribution >= 4 is 40.9 Å². The van der Waals surface area contributed by atoms with Gasteiger partial charge in [-0.3, -0.25) is 0 Å². The van der Waals surface area contributed by atoms with Crippen molar-refractivity contribution in [3.8, 4) is 0 Å². The zero-order valence-corrected chi connectivity index (χ0v) is 11.8. The lowest BCUT2D eigenvalue weighted by Crippen LogP contribution is -2.42. The number of carboxylic acid groups (broad SMARTS) is 1. The predicted molar refractivity (Wildman–Crippen MR) is 74.9 cm³/mol. The van der Waals surface area contributed by atoms with Gasteiger partial charge in [0.05, 0.1) is 10.0 Å². The molecule has 19 heavy (non-hydrogen) atoms. The Balaban J connectivity index is 2.63. The molecule has 0 fully saturated rings. The molecular formula is C12H14Cl2N2O3. The number of halogens is 2. The fourth-order valence-electron chi connectivity index (χ4n) is 1.45. The molecule has 1 aromatic rings. The molecule has 1 rings (SSSR count). The van der Waals surface area contributed by atoms with Gasteiger partial charge in [0, 0.05) is 5.69 Å².